The minimum absolute atomic E-state index is 0.210. The highest BCUT2D eigenvalue weighted by atomic mass is 79.9. The molecule has 0 aliphatic rings. The van der Waals surface area contributed by atoms with Gasteiger partial charge < -0.3 is 14.8 Å². The highest BCUT2D eigenvalue weighted by Crippen LogP contribution is 2.28. The van der Waals surface area contributed by atoms with Gasteiger partial charge in [-0.15, -0.1) is 0 Å². The number of aryl methyl sites for hydroxylation is 2. The summed E-state index contributed by atoms with van der Waals surface area (Å²) < 4.78 is 12.7. The van der Waals surface area contributed by atoms with Gasteiger partial charge in [0.1, 0.15) is 17.2 Å². The fourth-order valence-corrected chi connectivity index (χ4v) is 3.48. The number of rotatable bonds is 6. The normalized spacial score (nSPS) is 11.6. The Morgan fingerprint density at radius 2 is 1.50 bits per heavy atom. The monoisotopic (exact) mass is 439 g/mol. The molecule has 1 unspecified atom stereocenters. The van der Waals surface area contributed by atoms with E-state index in [1.165, 1.54) is 0 Å². The number of carbonyl (C=O) groups excluding carboxylic acids is 1. The van der Waals surface area contributed by atoms with Crippen molar-refractivity contribution in [3.63, 3.8) is 0 Å². The molecule has 4 nitrogen and oxygen atoms in total. The maximum Gasteiger partial charge on any atom is 0.265 e. The van der Waals surface area contributed by atoms with Crippen molar-refractivity contribution in [2.45, 2.75) is 26.9 Å². The Bertz CT molecular complexity index is 932. The van der Waals surface area contributed by atoms with E-state index in [1.807, 2.05) is 68.4 Å². The molecule has 0 fully saturated rings. The van der Waals surface area contributed by atoms with Gasteiger partial charge in [0.15, 0.2) is 6.10 Å². The van der Waals surface area contributed by atoms with E-state index in [2.05, 4.69) is 21.2 Å². The lowest BCUT2D eigenvalue weighted by Gasteiger charge is -2.18. The van der Waals surface area contributed by atoms with Gasteiger partial charge in [0.05, 0.1) is 0 Å². The molecule has 3 aromatic rings. The third-order valence-electron chi connectivity index (χ3n) is 4.19. The van der Waals surface area contributed by atoms with E-state index >= 15 is 0 Å². The summed E-state index contributed by atoms with van der Waals surface area (Å²) in [5.41, 5.74) is 2.65. The molecule has 0 heterocycles. The van der Waals surface area contributed by atoms with Gasteiger partial charge in [0.2, 0.25) is 0 Å². The van der Waals surface area contributed by atoms with Crippen molar-refractivity contribution in [3.8, 4) is 17.2 Å². The quantitative estimate of drug-likeness (QED) is 0.492. The van der Waals surface area contributed by atoms with Gasteiger partial charge in [-0.25, -0.2) is 0 Å². The van der Waals surface area contributed by atoms with Crippen LogP contribution in [0, 0.1) is 13.8 Å². The largest absolute Gasteiger partial charge is 0.480 e. The lowest BCUT2D eigenvalue weighted by molar-refractivity contribution is -0.122. The number of carbonyl (C=O) groups is 1. The van der Waals surface area contributed by atoms with Crippen LogP contribution in [0.3, 0.4) is 0 Å². The molecule has 3 aromatic carbocycles. The molecule has 0 saturated heterocycles. The Balaban J connectivity index is 1.61. The second-order valence-electron chi connectivity index (χ2n) is 6.56. The number of ether oxygens (including phenoxy) is 2. The minimum Gasteiger partial charge on any atom is -0.480 e. The molecule has 0 aliphatic carbocycles. The van der Waals surface area contributed by atoms with E-state index in [1.54, 1.807) is 19.1 Å². The molecule has 144 valence electrons. The highest BCUT2D eigenvalue weighted by molar-refractivity contribution is 9.10. The molecule has 0 saturated carbocycles. The molecule has 0 spiro atoms. The van der Waals surface area contributed by atoms with E-state index in [4.69, 9.17) is 9.47 Å². The predicted octanol–water partition coefficient (Wildman–Crippen LogP) is 6.26. The molecular formula is C23H22BrNO3. The molecule has 1 atom stereocenters. The number of hydrogen-bond donors (Lipinski definition) is 1. The fourth-order valence-electron chi connectivity index (χ4n) is 2.79. The molecule has 3 rings (SSSR count). The first-order valence-corrected chi connectivity index (χ1v) is 9.79. The van der Waals surface area contributed by atoms with Crippen molar-refractivity contribution in [3.05, 3.63) is 82.3 Å². The van der Waals surface area contributed by atoms with Crippen LogP contribution in [0.4, 0.5) is 5.69 Å². The lowest BCUT2D eigenvalue weighted by atomic mass is 10.1. The summed E-state index contributed by atoms with van der Waals surface area (Å²) in [4.78, 5) is 12.5. The third kappa shape index (κ3) is 5.14. The summed E-state index contributed by atoms with van der Waals surface area (Å²) >= 11 is 3.47. The number of halogens is 1. The molecule has 1 N–H and O–H groups in total. The Labute approximate surface area is 173 Å². The van der Waals surface area contributed by atoms with Crippen molar-refractivity contribution in [1.82, 2.24) is 0 Å². The number of amides is 1. The average molecular weight is 440 g/mol. The lowest BCUT2D eigenvalue weighted by Crippen LogP contribution is -2.30. The minimum atomic E-state index is -0.626. The van der Waals surface area contributed by atoms with Crippen LogP contribution in [-0.2, 0) is 4.79 Å². The van der Waals surface area contributed by atoms with Gasteiger partial charge in [-0.1, -0.05) is 34.1 Å². The van der Waals surface area contributed by atoms with E-state index < -0.39 is 6.10 Å². The van der Waals surface area contributed by atoms with Crippen molar-refractivity contribution in [1.29, 1.82) is 0 Å². The van der Waals surface area contributed by atoms with Gasteiger partial charge in [-0.3, -0.25) is 4.79 Å². The predicted molar refractivity (Wildman–Crippen MR) is 115 cm³/mol. The standard InChI is InChI=1S/C23H22BrNO3/c1-15-13-18(24)14-16(2)22(15)27-17(3)23(26)25-19-9-11-21(12-10-19)28-20-7-5-4-6-8-20/h4-14,17H,1-3H3,(H,25,26). The number of nitrogens with one attached hydrogen (secondary N) is 1. The summed E-state index contributed by atoms with van der Waals surface area (Å²) in [5, 5.41) is 2.87. The third-order valence-corrected chi connectivity index (χ3v) is 4.65. The molecule has 28 heavy (non-hydrogen) atoms. The summed E-state index contributed by atoms with van der Waals surface area (Å²) in [5.74, 6) is 1.99. The Morgan fingerprint density at radius 1 is 0.929 bits per heavy atom. The average Bonchev–Trinajstić information content (AvgIpc) is 2.67. The van der Waals surface area contributed by atoms with Crippen LogP contribution in [0.25, 0.3) is 0 Å². The van der Waals surface area contributed by atoms with Crippen molar-refractivity contribution in [2.75, 3.05) is 5.32 Å². The summed E-state index contributed by atoms with van der Waals surface area (Å²) in [7, 11) is 0. The zero-order valence-electron chi connectivity index (χ0n) is 16.0. The molecule has 0 radical (unpaired) electrons. The van der Waals surface area contributed by atoms with E-state index in [0.29, 0.717) is 11.4 Å². The Morgan fingerprint density at radius 3 is 2.11 bits per heavy atom. The molecular weight excluding hydrogens is 418 g/mol. The number of benzene rings is 3. The number of hydrogen-bond acceptors (Lipinski definition) is 3. The summed E-state index contributed by atoms with van der Waals surface area (Å²) in [6.45, 7) is 5.66. The van der Waals surface area contributed by atoms with Crippen LogP contribution >= 0.6 is 15.9 Å². The second-order valence-corrected chi connectivity index (χ2v) is 7.47. The summed E-state index contributed by atoms with van der Waals surface area (Å²) in [6, 6.07) is 20.7. The zero-order valence-corrected chi connectivity index (χ0v) is 17.6. The summed E-state index contributed by atoms with van der Waals surface area (Å²) in [6.07, 6.45) is -0.626. The first-order chi connectivity index (χ1) is 13.4. The van der Waals surface area contributed by atoms with Crippen LogP contribution in [0.1, 0.15) is 18.1 Å². The maximum absolute atomic E-state index is 12.5. The number of anilines is 1. The van der Waals surface area contributed by atoms with Crippen LogP contribution in [0.5, 0.6) is 17.2 Å². The SMILES string of the molecule is Cc1cc(Br)cc(C)c1OC(C)C(=O)Nc1ccc(Oc2ccccc2)cc1. The molecule has 1 amide bonds. The van der Waals surface area contributed by atoms with Crippen molar-refractivity contribution >= 4 is 27.5 Å². The fraction of sp³-hybridized carbons (Fsp3) is 0.174. The van der Waals surface area contributed by atoms with Gasteiger partial charge >= 0.3 is 0 Å². The van der Waals surface area contributed by atoms with Crippen LogP contribution in [0.2, 0.25) is 0 Å². The van der Waals surface area contributed by atoms with E-state index in [-0.39, 0.29) is 5.91 Å². The van der Waals surface area contributed by atoms with Crippen molar-refractivity contribution in [2.24, 2.45) is 0 Å². The van der Waals surface area contributed by atoms with Crippen LogP contribution < -0.4 is 14.8 Å². The first-order valence-electron chi connectivity index (χ1n) is 8.99. The molecule has 0 bridgehead atoms. The van der Waals surface area contributed by atoms with E-state index in [9.17, 15) is 4.79 Å². The second kappa shape index (κ2) is 8.93. The zero-order chi connectivity index (χ0) is 20.1. The topological polar surface area (TPSA) is 47.6 Å². The van der Waals surface area contributed by atoms with Gasteiger partial charge in [-0.2, -0.15) is 0 Å². The Kier molecular flexibility index (Phi) is 6.37. The van der Waals surface area contributed by atoms with Gasteiger partial charge in [0, 0.05) is 10.2 Å². The van der Waals surface area contributed by atoms with Gasteiger partial charge in [-0.05, 0) is 80.4 Å². The van der Waals surface area contributed by atoms with E-state index in [0.717, 1.165) is 27.1 Å². The molecule has 5 heteroatoms. The van der Waals surface area contributed by atoms with Crippen LogP contribution in [-0.4, -0.2) is 12.0 Å². The number of para-hydroxylation sites is 1. The molecule has 0 aliphatic heterocycles. The first kappa shape index (κ1) is 20.0. The highest BCUT2D eigenvalue weighted by Gasteiger charge is 2.17. The Hall–Kier alpha value is -2.79. The van der Waals surface area contributed by atoms with Gasteiger partial charge in [0.25, 0.3) is 5.91 Å². The van der Waals surface area contributed by atoms with Crippen LogP contribution in [0.15, 0.2) is 71.2 Å². The van der Waals surface area contributed by atoms with Crippen molar-refractivity contribution < 1.29 is 14.3 Å². The molecule has 0 aromatic heterocycles. The smallest absolute Gasteiger partial charge is 0.265 e. The maximum atomic E-state index is 12.5.